The second-order valence-corrected chi connectivity index (χ2v) is 11.9. The number of hydrogen-bond acceptors (Lipinski definition) is 6. The predicted molar refractivity (Wildman–Crippen MR) is 168 cm³/mol. The molecule has 42 heavy (non-hydrogen) atoms. The highest BCUT2D eigenvalue weighted by Crippen LogP contribution is 2.36. The lowest BCUT2D eigenvalue weighted by molar-refractivity contribution is -0.115. The average molecular weight is 592 g/mol. The van der Waals surface area contributed by atoms with Crippen LogP contribution in [-0.4, -0.2) is 28.1 Å². The second kappa shape index (κ2) is 12.3. The number of thioether (sulfide) groups is 1. The summed E-state index contributed by atoms with van der Waals surface area (Å²) >= 11 is 2.63. The first-order valence-corrected chi connectivity index (χ1v) is 14.7. The van der Waals surface area contributed by atoms with Crippen molar-refractivity contribution < 1.29 is 19.5 Å². The zero-order valence-corrected chi connectivity index (χ0v) is 24.3. The zero-order valence-electron chi connectivity index (χ0n) is 22.7. The first-order chi connectivity index (χ1) is 20.2. The zero-order chi connectivity index (χ0) is 29.8. The Morgan fingerprint density at radius 3 is 2.31 bits per heavy atom. The number of amides is 2. The lowest BCUT2D eigenvalue weighted by atomic mass is 9.98. The van der Waals surface area contributed by atoms with Crippen molar-refractivity contribution in [1.82, 2.24) is 0 Å². The number of nitriles is 1. The van der Waals surface area contributed by atoms with Crippen LogP contribution in [0, 0.1) is 18.3 Å². The minimum absolute atomic E-state index is 0.0543. The Morgan fingerprint density at radius 1 is 0.929 bits per heavy atom. The Hall–Kier alpha value is -4.91. The van der Waals surface area contributed by atoms with E-state index >= 15 is 0 Å². The van der Waals surface area contributed by atoms with Crippen LogP contribution in [0.25, 0.3) is 21.9 Å². The van der Waals surface area contributed by atoms with Crippen molar-refractivity contribution in [3.63, 3.8) is 0 Å². The second-order valence-electron chi connectivity index (χ2n) is 9.58. The molecule has 0 aliphatic rings. The Bertz CT molecular complexity index is 1870. The van der Waals surface area contributed by atoms with Crippen LogP contribution in [0.15, 0.2) is 95.2 Å². The Balaban J connectivity index is 1.29. The van der Waals surface area contributed by atoms with Gasteiger partial charge in [0.2, 0.25) is 5.91 Å². The number of carbonyl (C=O) groups excluding carboxylic acids is 2. The van der Waals surface area contributed by atoms with Crippen molar-refractivity contribution >= 4 is 62.3 Å². The first kappa shape index (κ1) is 28.6. The number of nitrogens with one attached hydrogen (secondary N) is 2. The smallest absolute Gasteiger partial charge is 0.336 e. The van der Waals surface area contributed by atoms with Gasteiger partial charge in [-0.05, 0) is 55.1 Å². The number of nitrogens with zero attached hydrogens (tertiary/aromatic N) is 1. The third kappa shape index (κ3) is 6.05. The molecule has 0 aliphatic heterocycles. The van der Waals surface area contributed by atoms with Crippen molar-refractivity contribution in [2.75, 3.05) is 10.6 Å². The summed E-state index contributed by atoms with van der Waals surface area (Å²) in [5.41, 5.74) is 4.07. The number of benzene rings is 4. The lowest BCUT2D eigenvalue weighted by Crippen LogP contribution is -2.22. The van der Waals surface area contributed by atoms with Gasteiger partial charge in [-0.25, -0.2) is 4.79 Å². The molecule has 0 aliphatic carbocycles. The molecule has 4 aromatic carbocycles. The van der Waals surface area contributed by atoms with Crippen LogP contribution in [0.2, 0.25) is 0 Å². The molecule has 0 bridgehead atoms. The third-order valence-electron chi connectivity index (χ3n) is 6.66. The molecule has 0 fully saturated rings. The number of aromatic carboxylic acids is 1. The fraction of sp³-hybridized carbons (Fsp3) is 0.0909. The Morgan fingerprint density at radius 2 is 1.62 bits per heavy atom. The summed E-state index contributed by atoms with van der Waals surface area (Å²) < 4.78 is 0. The summed E-state index contributed by atoms with van der Waals surface area (Å²) in [6.45, 7) is 3.77. The van der Waals surface area contributed by atoms with Crippen molar-refractivity contribution in [3.8, 4) is 17.2 Å². The molecule has 0 saturated carbocycles. The number of anilines is 2. The van der Waals surface area contributed by atoms with E-state index in [9.17, 15) is 24.8 Å². The van der Waals surface area contributed by atoms with E-state index in [0.29, 0.717) is 27.0 Å². The number of rotatable bonds is 8. The van der Waals surface area contributed by atoms with E-state index in [0.717, 1.165) is 21.6 Å². The maximum atomic E-state index is 13.2. The topological polar surface area (TPSA) is 119 Å². The first-order valence-electron chi connectivity index (χ1n) is 13.0. The fourth-order valence-corrected chi connectivity index (χ4v) is 6.38. The Labute approximate surface area is 250 Å². The van der Waals surface area contributed by atoms with Gasteiger partial charge in [0.05, 0.1) is 16.4 Å². The standard InChI is InChI=1S/C33H25N3O4S2/c1-19-12-14-21(15-13-19)28-18-41-32(27(28)17-34)36-30(37)20(2)42-24-9-5-8-23(16-24)35-31(38)25-10-3-6-22-7-4-11-26(29(22)25)33(39)40/h3-16,18,20H,1-2H3,(H,35,38)(H,36,37)(H,39,40). The van der Waals surface area contributed by atoms with Gasteiger partial charge in [0.15, 0.2) is 0 Å². The number of aryl methyl sites for hydroxylation is 1. The molecule has 1 unspecified atom stereocenters. The molecule has 208 valence electrons. The largest absolute Gasteiger partial charge is 0.478 e. The number of hydrogen-bond donors (Lipinski definition) is 3. The van der Waals surface area contributed by atoms with Crippen LogP contribution >= 0.6 is 23.1 Å². The van der Waals surface area contributed by atoms with E-state index in [-0.39, 0.29) is 17.0 Å². The molecule has 0 radical (unpaired) electrons. The van der Waals surface area contributed by atoms with Gasteiger partial charge in [-0.2, -0.15) is 5.26 Å². The summed E-state index contributed by atoms with van der Waals surface area (Å²) in [7, 11) is 0. The maximum Gasteiger partial charge on any atom is 0.336 e. The molecule has 7 nitrogen and oxygen atoms in total. The van der Waals surface area contributed by atoms with Gasteiger partial charge in [-0.1, -0.05) is 60.2 Å². The van der Waals surface area contributed by atoms with E-state index in [1.165, 1.54) is 29.2 Å². The lowest BCUT2D eigenvalue weighted by Gasteiger charge is -2.13. The average Bonchev–Trinajstić information content (AvgIpc) is 3.39. The van der Waals surface area contributed by atoms with Gasteiger partial charge in [0.25, 0.3) is 5.91 Å². The van der Waals surface area contributed by atoms with Gasteiger partial charge in [0, 0.05) is 32.5 Å². The number of fused-ring (bicyclic) bond motifs is 1. The van der Waals surface area contributed by atoms with Gasteiger partial charge in [0.1, 0.15) is 11.1 Å². The van der Waals surface area contributed by atoms with Gasteiger partial charge in [-0.15, -0.1) is 23.1 Å². The highest BCUT2D eigenvalue weighted by molar-refractivity contribution is 8.00. The number of carboxylic acids is 1. The van der Waals surface area contributed by atoms with E-state index < -0.39 is 17.1 Å². The normalized spacial score (nSPS) is 11.5. The van der Waals surface area contributed by atoms with Crippen LogP contribution in [0.3, 0.4) is 0 Å². The summed E-state index contributed by atoms with van der Waals surface area (Å²) in [4.78, 5) is 38.9. The Kier molecular flexibility index (Phi) is 8.38. The van der Waals surface area contributed by atoms with E-state index in [4.69, 9.17) is 0 Å². The summed E-state index contributed by atoms with van der Waals surface area (Å²) in [5.74, 6) is -1.80. The number of carboxylic acid groups (broad SMARTS) is 1. The predicted octanol–water partition coefficient (Wildman–Crippen LogP) is 7.82. The highest BCUT2D eigenvalue weighted by Gasteiger charge is 2.21. The minimum atomic E-state index is -1.11. The number of thiophene rings is 1. The number of carbonyl (C=O) groups is 3. The maximum absolute atomic E-state index is 13.2. The minimum Gasteiger partial charge on any atom is -0.478 e. The van der Waals surface area contributed by atoms with Gasteiger partial charge < -0.3 is 15.7 Å². The van der Waals surface area contributed by atoms with Crippen molar-refractivity contribution in [1.29, 1.82) is 5.26 Å². The molecule has 0 spiro atoms. The quantitative estimate of drug-likeness (QED) is 0.158. The molecule has 1 aromatic heterocycles. The van der Waals surface area contributed by atoms with Crippen molar-refractivity contribution in [2.24, 2.45) is 0 Å². The van der Waals surface area contributed by atoms with Crippen LogP contribution in [0.5, 0.6) is 0 Å². The summed E-state index contributed by atoms with van der Waals surface area (Å²) in [6, 6.07) is 27.2. The molecular formula is C33H25N3O4S2. The SMILES string of the molecule is Cc1ccc(-c2csc(NC(=O)C(C)Sc3cccc(NC(=O)c4cccc5cccc(C(=O)O)c45)c3)c2C#N)cc1. The van der Waals surface area contributed by atoms with Crippen LogP contribution in [0.1, 0.15) is 38.8 Å². The van der Waals surface area contributed by atoms with Crippen molar-refractivity contribution in [3.05, 3.63) is 113 Å². The third-order valence-corrected chi connectivity index (χ3v) is 8.65. The summed E-state index contributed by atoms with van der Waals surface area (Å²) in [6.07, 6.45) is 0. The molecule has 9 heteroatoms. The molecule has 0 saturated heterocycles. The fourth-order valence-electron chi connectivity index (χ4n) is 4.53. The van der Waals surface area contributed by atoms with Gasteiger partial charge >= 0.3 is 5.97 Å². The molecule has 5 aromatic rings. The molecule has 5 rings (SSSR count). The van der Waals surface area contributed by atoms with Crippen LogP contribution in [0.4, 0.5) is 10.7 Å². The van der Waals surface area contributed by atoms with Crippen molar-refractivity contribution in [2.45, 2.75) is 24.0 Å². The van der Waals surface area contributed by atoms with E-state index in [2.05, 4.69) is 16.7 Å². The van der Waals surface area contributed by atoms with Crippen LogP contribution in [-0.2, 0) is 4.79 Å². The highest BCUT2D eigenvalue weighted by atomic mass is 32.2. The van der Waals surface area contributed by atoms with Gasteiger partial charge in [-0.3, -0.25) is 9.59 Å². The molecule has 2 amide bonds. The van der Waals surface area contributed by atoms with Crippen LogP contribution < -0.4 is 10.6 Å². The molecule has 3 N–H and O–H groups in total. The molecular weight excluding hydrogens is 567 g/mol. The molecule has 1 atom stereocenters. The summed E-state index contributed by atoms with van der Waals surface area (Å²) in [5, 5.41) is 28.1. The molecule has 1 heterocycles. The van der Waals surface area contributed by atoms with E-state index in [1.54, 1.807) is 55.5 Å². The van der Waals surface area contributed by atoms with E-state index in [1.807, 2.05) is 42.6 Å². The monoisotopic (exact) mass is 591 g/mol.